The molecule has 2 atom stereocenters. The number of nitrogens with one attached hydrogen (secondary N) is 1. The number of thioether (sulfide) groups is 1. The van der Waals surface area contributed by atoms with Crippen molar-refractivity contribution in [2.75, 3.05) is 4.90 Å². The fraction of sp³-hybridized carbons (Fsp3) is 0.148. The first-order chi connectivity index (χ1) is 17.4. The number of hydrazone groups is 1. The number of amides is 2. The molecule has 8 nitrogen and oxygen atoms in total. The molecule has 2 aliphatic rings. The number of amidine groups is 1. The van der Waals surface area contributed by atoms with Gasteiger partial charge in [0.1, 0.15) is 5.25 Å². The van der Waals surface area contributed by atoms with Crippen LogP contribution >= 0.6 is 11.8 Å². The van der Waals surface area contributed by atoms with Crippen molar-refractivity contribution in [3.63, 3.8) is 0 Å². The molecule has 0 spiro atoms. The average Bonchev–Trinajstić information content (AvgIpc) is 3.46. The molecule has 1 saturated heterocycles. The van der Waals surface area contributed by atoms with Gasteiger partial charge in [-0.05, 0) is 28.8 Å². The molecular formula is C27H21N4O4S-. The molecule has 0 unspecified atom stereocenters. The first-order valence-electron chi connectivity index (χ1n) is 11.3. The van der Waals surface area contributed by atoms with E-state index in [0.717, 1.165) is 33.5 Å². The highest BCUT2D eigenvalue weighted by atomic mass is 32.2. The van der Waals surface area contributed by atoms with E-state index in [2.05, 4.69) is 0 Å². The minimum absolute atomic E-state index is 0.0429. The van der Waals surface area contributed by atoms with Gasteiger partial charge >= 0.3 is 0 Å². The first-order valence-corrected chi connectivity index (χ1v) is 12.2. The van der Waals surface area contributed by atoms with Crippen molar-refractivity contribution in [2.24, 2.45) is 5.10 Å². The normalized spacial score (nSPS) is 19.5. The maximum atomic E-state index is 13.1. The number of rotatable bonds is 5. The summed E-state index contributed by atoms with van der Waals surface area (Å²) in [6.07, 6.45) is 0.540. The Morgan fingerprint density at radius 3 is 2.19 bits per heavy atom. The molecule has 0 bridgehead atoms. The van der Waals surface area contributed by atoms with Crippen LogP contribution in [0.25, 0.3) is 0 Å². The number of benzene rings is 3. The zero-order valence-corrected chi connectivity index (χ0v) is 19.9. The molecule has 0 aliphatic carbocycles. The summed E-state index contributed by atoms with van der Waals surface area (Å²) in [5.74, 6) is -2.18. The number of nitrogens with zero attached hydrogens (tertiary/aromatic N) is 3. The second kappa shape index (κ2) is 9.79. The molecule has 0 saturated carbocycles. The molecule has 3 aromatic carbocycles. The predicted molar refractivity (Wildman–Crippen MR) is 136 cm³/mol. The van der Waals surface area contributed by atoms with E-state index in [0.29, 0.717) is 6.42 Å². The van der Waals surface area contributed by atoms with Crippen molar-refractivity contribution in [3.8, 4) is 0 Å². The van der Waals surface area contributed by atoms with E-state index in [9.17, 15) is 19.5 Å². The van der Waals surface area contributed by atoms with Gasteiger partial charge in [-0.25, -0.2) is 9.91 Å². The lowest BCUT2D eigenvalue weighted by molar-refractivity contribution is -0.255. The lowest BCUT2D eigenvalue weighted by Crippen LogP contribution is -2.32. The second-order valence-electron chi connectivity index (χ2n) is 8.41. The molecule has 3 aromatic rings. The fourth-order valence-electron chi connectivity index (χ4n) is 4.34. The van der Waals surface area contributed by atoms with E-state index in [-0.39, 0.29) is 28.9 Å². The van der Waals surface area contributed by atoms with Gasteiger partial charge in [-0.15, -0.1) is 0 Å². The zero-order valence-electron chi connectivity index (χ0n) is 19.0. The van der Waals surface area contributed by atoms with Crippen LogP contribution in [-0.4, -0.2) is 38.9 Å². The molecule has 5 rings (SSSR count). The lowest BCUT2D eigenvalue weighted by Gasteiger charge is -2.24. The number of carbonyl (C=O) groups excluding carboxylic acids is 3. The minimum Gasteiger partial charge on any atom is -0.545 e. The summed E-state index contributed by atoms with van der Waals surface area (Å²) in [5, 5.41) is 25.5. The molecule has 1 fully saturated rings. The van der Waals surface area contributed by atoms with Gasteiger partial charge in [0, 0.05) is 12.8 Å². The summed E-state index contributed by atoms with van der Waals surface area (Å²) in [6.45, 7) is 0. The Balaban J connectivity index is 1.37. The Morgan fingerprint density at radius 2 is 1.56 bits per heavy atom. The third-order valence-electron chi connectivity index (χ3n) is 6.13. The first kappa shape index (κ1) is 23.5. The predicted octanol–water partition coefficient (Wildman–Crippen LogP) is 3.20. The van der Waals surface area contributed by atoms with E-state index in [1.54, 1.807) is 5.01 Å². The number of hydrogen-bond acceptors (Lipinski definition) is 7. The molecule has 1 N–H and O–H groups in total. The Labute approximate surface area is 211 Å². The highest BCUT2D eigenvalue weighted by molar-refractivity contribution is 8.14. The number of hydrogen-bond donors (Lipinski definition) is 1. The topological polar surface area (TPSA) is 117 Å². The maximum absolute atomic E-state index is 13.1. The quantitative estimate of drug-likeness (QED) is 0.329. The van der Waals surface area contributed by atoms with Crippen molar-refractivity contribution in [2.45, 2.75) is 24.1 Å². The van der Waals surface area contributed by atoms with Crippen LogP contribution in [-0.2, 0) is 9.59 Å². The van der Waals surface area contributed by atoms with Crippen LogP contribution in [0.4, 0.5) is 5.69 Å². The number of carbonyl (C=O) groups is 3. The maximum Gasteiger partial charge on any atom is 0.247 e. The Kier molecular flexibility index (Phi) is 6.39. The molecule has 2 aliphatic heterocycles. The van der Waals surface area contributed by atoms with E-state index in [4.69, 9.17) is 10.5 Å². The average molecular weight is 498 g/mol. The van der Waals surface area contributed by atoms with Gasteiger partial charge in [0.05, 0.1) is 23.4 Å². The van der Waals surface area contributed by atoms with E-state index >= 15 is 0 Å². The van der Waals surface area contributed by atoms with E-state index < -0.39 is 23.0 Å². The smallest absolute Gasteiger partial charge is 0.247 e. The number of anilines is 1. The van der Waals surface area contributed by atoms with Gasteiger partial charge in [0.15, 0.2) is 5.17 Å². The third-order valence-corrected chi connectivity index (χ3v) is 7.19. The SMILES string of the molecule is N=C(S[C@H]1CC(=O)N(c2ccc(C(=O)[O-])cc2)C1=O)N1N=C(c2ccccc2)C[C@H]1c1ccccc1. The van der Waals surface area contributed by atoms with Gasteiger partial charge in [0.25, 0.3) is 0 Å². The largest absolute Gasteiger partial charge is 0.545 e. The summed E-state index contributed by atoms with van der Waals surface area (Å²) in [6, 6.07) is 24.7. The van der Waals surface area contributed by atoms with E-state index in [1.807, 2.05) is 60.7 Å². The molecular weight excluding hydrogens is 476 g/mol. The molecule has 180 valence electrons. The standard InChI is InChI=1S/C27H22N4O4S/c28-27(36-23-16-24(32)30(25(23)33)20-13-11-19(12-14-20)26(34)35)31-22(18-9-5-2-6-10-18)15-21(29-31)17-7-3-1-4-8-17/h1-14,22-23,28H,15-16H2,(H,34,35)/p-1/t22-,23-/m0/s1. The Morgan fingerprint density at radius 1 is 0.917 bits per heavy atom. The number of imide groups is 1. The Hall–Kier alpha value is -4.24. The summed E-state index contributed by atoms with van der Waals surface area (Å²) >= 11 is 1.00. The number of carboxylic acid groups (broad SMARTS) is 1. The van der Waals surface area contributed by atoms with Crippen LogP contribution in [0.15, 0.2) is 90.0 Å². The van der Waals surface area contributed by atoms with Crippen LogP contribution in [0.5, 0.6) is 0 Å². The van der Waals surface area contributed by atoms with Crippen molar-refractivity contribution in [1.29, 1.82) is 5.41 Å². The summed E-state index contributed by atoms with van der Waals surface area (Å²) < 4.78 is 0. The zero-order chi connectivity index (χ0) is 25.2. The molecule has 9 heteroatoms. The van der Waals surface area contributed by atoms with Crippen molar-refractivity contribution in [1.82, 2.24) is 5.01 Å². The van der Waals surface area contributed by atoms with Crippen LogP contribution in [0.2, 0.25) is 0 Å². The molecule has 0 radical (unpaired) electrons. The molecule has 2 heterocycles. The summed E-state index contributed by atoms with van der Waals surface area (Å²) in [5.41, 5.74) is 3.06. The lowest BCUT2D eigenvalue weighted by atomic mass is 9.99. The van der Waals surface area contributed by atoms with Gasteiger partial charge < -0.3 is 9.90 Å². The summed E-state index contributed by atoms with van der Waals surface area (Å²) in [4.78, 5) is 37.9. The van der Waals surface area contributed by atoms with Crippen molar-refractivity contribution >= 4 is 46.1 Å². The molecule has 0 aromatic heterocycles. The second-order valence-corrected chi connectivity index (χ2v) is 9.60. The number of carboxylic acids is 1. The van der Waals surface area contributed by atoms with Gasteiger partial charge in [-0.1, -0.05) is 84.6 Å². The van der Waals surface area contributed by atoms with Crippen LogP contribution in [0.3, 0.4) is 0 Å². The number of aromatic carboxylic acids is 1. The monoisotopic (exact) mass is 497 g/mol. The highest BCUT2D eigenvalue weighted by Gasteiger charge is 2.42. The molecule has 2 amide bonds. The van der Waals surface area contributed by atoms with Gasteiger partial charge in [-0.2, -0.15) is 5.10 Å². The van der Waals surface area contributed by atoms with Crippen LogP contribution in [0.1, 0.15) is 40.4 Å². The molecule has 36 heavy (non-hydrogen) atoms. The van der Waals surface area contributed by atoms with Gasteiger partial charge in [-0.3, -0.25) is 15.0 Å². The van der Waals surface area contributed by atoms with Crippen LogP contribution in [0, 0.1) is 5.41 Å². The summed E-state index contributed by atoms with van der Waals surface area (Å²) in [7, 11) is 0. The highest BCUT2D eigenvalue weighted by Crippen LogP contribution is 2.37. The van der Waals surface area contributed by atoms with Crippen molar-refractivity contribution < 1.29 is 19.5 Å². The van der Waals surface area contributed by atoms with Gasteiger partial charge in [0.2, 0.25) is 11.8 Å². The van der Waals surface area contributed by atoms with E-state index in [1.165, 1.54) is 24.3 Å². The third kappa shape index (κ3) is 4.52. The van der Waals surface area contributed by atoms with Crippen LogP contribution < -0.4 is 10.0 Å². The fourth-order valence-corrected chi connectivity index (χ4v) is 5.32. The Bertz CT molecular complexity index is 1360. The van der Waals surface area contributed by atoms with Crippen molar-refractivity contribution in [3.05, 3.63) is 102 Å². The minimum atomic E-state index is -1.34.